The molecule has 0 aliphatic rings. The van der Waals surface area contributed by atoms with E-state index in [0.717, 1.165) is 32.0 Å². The van der Waals surface area contributed by atoms with Gasteiger partial charge in [0.2, 0.25) is 0 Å². The number of anilines is 1. The molecule has 3 nitrogen and oxygen atoms in total. The Morgan fingerprint density at radius 1 is 1.00 bits per heavy atom. The van der Waals surface area contributed by atoms with Crippen LogP contribution in [0.15, 0.2) is 48.7 Å². The minimum Gasteiger partial charge on any atom is -0.370 e. The Hall–Kier alpha value is -1.87. The van der Waals surface area contributed by atoms with E-state index in [1.54, 1.807) is 0 Å². The van der Waals surface area contributed by atoms with Crippen LogP contribution in [0, 0.1) is 0 Å². The highest BCUT2D eigenvalue weighted by Gasteiger charge is 2.05. The zero-order valence-electron chi connectivity index (χ0n) is 12.3. The molecule has 0 amide bonds. The van der Waals surface area contributed by atoms with Gasteiger partial charge in [-0.15, -0.1) is 0 Å². The average molecular weight is 269 g/mol. The van der Waals surface area contributed by atoms with Crippen molar-refractivity contribution in [3.8, 4) is 0 Å². The lowest BCUT2D eigenvalue weighted by atomic mass is 10.2. The Kier molecular flexibility index (Phi) is 5.56. The Balaban J connectivity index is 2.00. The summed E-state index contributed by atoms with van der Waals surface area (Å²) in [6, 6.07) is 14.8. The molecular weight excluding hydrogens is 246 g/mol. The molecule has 1 aromatic carbocycles. The van der Waals surface area contributed by atoms with E-state index in [2.05, 4.69) is 71.5 Å². The molecule has 0 aliphatic heterocycles. The number of nitrogens with one attached hydrogen (secondary N) is 1. The van der Waals surface area contributed by atoms with Gasteiger partial charge in [-0.1, -0.05) is 37.3 Å². The fraction of sp³-hybridized carbons (Fsp3) is 0.353. The summed E-state index contributed by atoms with van der Waals surface area (Å²) >= 11 is 0. The summed E-state index contributed by atoms with van der Waals surface area (Å²) < 4.78 is 0. The molecule has 2 aromatic rings. The van der Waals surface area contributed by atoms with Crippen LogP contribution in [0.2, 0.25) is 0 Å². The molecule has 0 fully saturated rings. The van der Waals surface area contributed by atoms with Crippen molar-refractivity contribution in [2.24, 2.45) is 0 Å². The summed E-state index contributed by atoms with van der Waals surface area (Å²) in [5.74, 6) is 0.959. The number of nitrogens with zero attached hydrogens (tertiary/aromatic N) is 2. The Labute approximate surface area is 121 Å². The third-order valence-electron chi connectivity index (χ3n) is 3.28. The fourth-order valence-electron chi connectivity index (χ4n) is 2.23. The van der Waals surface area contributed by atoms with Crippen molar-refractivity contribution in [3.63, 3.8) is 0 Å². The maximum Gasteiger partial charge on any atom is 0.126 e. The van der Waals surface area contributed by atoms with Crippen molar-refractivity contribution in [2.45, 2.75) is 26.9 Å². The number of benzene rings is 1. The van der Waals surface area contributed by atoms with E-state index in [4.69, 9.17) is 0 Å². The van der Waals surface area contributed by atoms with Gasteiger partial charge in [-0.2, -0.15) is 0 Å². The Morgan fingerprint density at radius 3 is 2.45 bits per heavy atom. The fourth-order valence-corrected chi connectivity index (χ4v) is 2.23. The van der Waals surface area contributed by atoms with Crippen molar-refractivity contribution >= 4 is 5.82 Å². The second-order valence-corrected chi connectivity index (χ2v) is 4.87. The molecule has 0 spiro atoms. The molecule has 20 heavy (non-hydrogen) atoms. The largest absolute Gasteiger partial charge is 0.370 e. The van der Waals surface area contributed by atoms with Crippen LogP contribution in [-0.2, 0) is 13.1 Å². The van der Waals surface area contributed by atoms with Crippen LogP contribution in [0.4, 0.5) is 5.82 Å². The van der Waals surface area contributed by atoms with Crippen LogP contribution >= 0.6 is 0 Å². The SMILES string of the molecule is CCNc1cc(CN(CC)Cc2ccccc2)ccn1. The summed E-state index contributed by atoms with van der Waals surface area (Å²) in [7, 11) is 0. The molecule has 3 heteroatoms. The summed E-state index contributed by atoms with van der Waals surface area (Å²) in [6.07, 6.45) is 1.88. The van der Waals surface area contributed by atoms with Gasteiger partial charge in [0.05, 0.1) is 0 Å². The maximum atomic E-state index is 4.32. The third-order valence-corrected chi connectivity index (χ3v) is 3.28. The van der Waals surface area contributed by atoms with E-state index in [0.29, 0.717) is 0 Å². The van der Waals surface area contributed by atoms with Crippen molar-refractivity contribution in [3.05, 3.63) is 59.8 Å². The minimum absolute atomic E-state index is 0.901. The zero-order chi connectivity index (χ0) is 14.2. The predicted molar refractivity (Wildman–Crippen MR) is 84.6 cm³/mol. The first kappa shape index (κ1) is 14.5. The molecule has 1 heterocycles. The standard InChI is InChI=1S/C17H23N3/c1-3-18-17-12-16(10-11-19-17)14-20(4-2)13-15-8-6-5-7-9-15/h5-12H,3-4,13-14H2,1-2H3,(H,18,19). The highest BCUT2D eigenvalue weighted by atomic mass is 15.1. The maximum absolute atomic E-state index is 4.32. The normalized spacial score (nSPS) is 10.8. The highest BCUT2D eigenvalue weighted by molar-refractivity contribution is 5.37. The van der Waals surface area contributed by atoms with Crippen molar-refractivity contribution < 1.29 is 0 Å². The van der Waals surface area contributed by atoms with Crippen molar-refractivity contribution in [2.75, 3.05) is 18.4 Å². The first-order valence-electron chi connectivity index (χ1n) is 7.27. The van der Waals surface area contributed by atoms with Crippen molar-refractivity contribution in [1.82, 2.24) is 9.88 Å². The molecule has 0 saturated carbocycles. The summed E-state index contributed by atoms with van der Waals surface area (Å²) in [5.41, 5.74) is 2.66. The van der Waals surface area contributed by atoms with Gasteiger partial charge in [0.25, 0.3) is 0 Å². The Bertz CT molecular complexity index is 511. The highest BCUT2D eigenvalue weighted by Crippen LogP contribution is 2.12. The lowest BCUT2D eigenvalue weighted by Gasteiger charge is -2.20. The second-order valence-electron chi connectivity index (χ2n) is 4.87. The molecule has 1 N–H and O–H groups in total. The van der Waals surface area contributed by atoms with Gasteiger partial charge in [-0.25, -0.2) is 4.98 Å². The minimum atomic E-state index is 0.901. The van der Waals surface area contributed by atoms with E-state index < -0.39 is 0 Å². The molecule has 0 unspecified atom stereocenters. The molecule has 106 valence electrons. The van der Waals surface area contributed by atoms with E-state index in [1.807, 2.05) is 6.20 Å². The van der Waals surface area contributed by atoms with Gasteiger partial charge in [0.1, 0.15) is 5.82 Å². The Morgan fingerprint density at radius 2 is 1.75 bits per heavy atom. The van der Waals surface area contributed by atoms with E-state index in [9.17, 15) is 0 Å². The first-order valence-corrected chi connectivity index (χ1v) is 7.27. The monoisotopic (exact) mass is 269 g/mol. The summed E-state index contributed by atoms with van der Waals surface area (Å²) in [5, 5.41) is 3.26. The molecule has 0 radical (unpaired) electrons. The van der Waals surface area contributed by atoms with E-state index in [-0.39, 0.29) is 0 Å². The molecular formula is C17H23N3. The lowest BCUT2D eigenvalue weighted by Crippen LogP contribution is -2.22. The molecule has 1 aromatic heterocycles. The van der Waals surface area contributed by atoms with E-state index in [1.165, 1.54) is 11.1 Å². The topological polar surface area (TPSA) is 28.2 Å². The van der Waals surface area contributed by atoms with Gasteiger partial charge in [-0.05, 0) is 36.7 Å². The van der Waals surface area contributed by atoms with Gasteiger partial charge in [0, 0.05) is 25.8 Å². The quantitative estimate of drug-likeness (QED) is 0.833. The van der Waals surface area contributed by atoms with Crippen molar-refractivity contribution in [1.29, 1.82) is 0 Å². The summed E-state index contributed by atoms with van der Waals surface area (Å²) in [4.78, 5) is 6.75. The zero-order valence-corrected chi connectivity index (χ0v) is 12.3. The number of aromatic nitrogens is 1. The molecule has 0 atom stereocenters. The first-order chi connectivity index (χ1) is 9.81. The molecule has 2 rings (SSSR count). The van der Waals surface area contributed by atoms with Gasteiger partial charge < -0.3 is 5.32 Å². The average Bonchev–Trinajstić information content (AvgIpc) is 2.48. The molecule has 0 saturated heterocycles. The number of rotatable bonds is 7. The molecule has 0 aliphatic carbocycles. The van der Waals surface area contributed by atoms with Gasteiger partial charge in [0.15, 0.2) is 0 Å². The van der Waals surface area contributed by atoms with Crippen LogP contribution in [-0.4, -0.2) is 23.0 Å². The molecule has 0 bridgehead atoms. The van der Waals surface area contributed by atoms with Crippen LogP contribution in [0.1, 0.15) is 25.0 Å². The number of pyridine rings is 1. The van der Waals surface area contributed by atoms with Gasteiger partial charge in [-0.3, -0.25) is 4.90 Å². The predicted octanol–water partition coefficient (Wildman–Crippen LogP) is 3.54. The van der Waals surface area contributed by atoms with Crippen LogP contribution in [0.25, 0.3) is 0 Å². The summed E-state index contributed by atoms with van der Waals surface area (Å²) in [6.45, 7) is 8.16. The number of hydrogen-bond acceptors (Lipinski definition) is 3. The smallest absolute Gasteiger partial charge is 0.126 e. The van der Waals surface area contributed by atoms with Gasteiger partial charge >= 0.3 is 0 Å². The van der Waals surface area contributed by atoms with Crippen LogP contribution < -0.4 is 5.32 Å². The van der Waals surface area contributed by atoms with Crippen LogP contribution in [0.3, 0.4) is 0 Å². The van der Waals surface area contributed by atoms with Crippen LogP contribution in [0.5, 0.6) is 0 Å². The number of hydrogen-bond donors (Lipinski definition) is 1. The third kappa shape index (κ3) is 4.35. The van der Waals surface area contributed by atoms with E-state index >= 15 is 0 Å². The second kappa shape index (κ2) is 7.65. The lowest BCUT2D eigenvalue weighted by molar-refractivity contribution is 0.271.